The molecule has 0 spiro atoms. The Kier molecular flexibility index (Phi) is 4.64. The van der Waals surface area contributed by atoms with Crippen LogP contribution in [0.15, 0.2) is 24.3 Å². The van der Waals surface area contributed by atoms with Gasteiger partial charge in [-0.05, 0) is 31.7 Å². The normalized spacial score (nSPS) is 28.3. The lowest BCUT2D eigenvalue weighted by Gasteiger charge is -2.48. The number of rotatable bonds is 5. The van der Waals surface area contributed by atoms with E-state index in [2.05, 4.69) is 4.90 Å². The standard InChI is InChI=1S/C17H23NO4/c19-15-8-13-5-3-6-14(9-15)18(13)10-12-4-1-2-7-16(12)22-11-17(20)21/h1-2,4,7,13-15,19H,3,5-6,8-11H2,(H,20,21)/t13-,14+,15?. The average Bonchev–Trinajstić information content (AvgIpc) is 2.47. The molecule has 120 valence electrons. The largest absolute Gasteiger partial charge is 0.482 e. The van der Waals surface area contributed by atoms with Gasteiger partial charge in [-0.3, -0.25) is 4.90 Å². The Bertz CT molecular complexity index is 519. The van der Waals surface area contributed by atoms with Crippen molar-refractivity contribution in [3.05, 3.63) is 29.8 Å². The van der Waals surface area contributed by atoms with Crippen molar-refractivity contribution in [2.45, 2.75) is 56.8 Å². The smallest absolute Gasteiger partial charge is 0.341 e. The van der Waals surface area contributed by atoms with Crippen molar-refractivity contribution in [1.82, 2.24) is 4.90 Å². The Balaban J connectivity index is 1.74. The summed E-state index contributed by atoms with van der Waals surface area (Å²) in [6.07, 6.45) is 5.00. The van der Waals surface area contributed by atoms with Crippen LogP contribution in [0.25, 0.3) is 0 Å². The first kappa shape index (κ1) is 15.3. The number of carboxylic acids is 1. The molecule has 0 saturated carbocycles. The summed E-state index contributed by atoms with van der Waals surface area (Å²) in [6, 6.07) is 8.49. The van der Waals surface area contributed by atoms with Gasteiger partial charge in [0.25, 0.3) is 0 Å². The van der Waals surface area contributed by atoms with E-state index in [1.807, 2.05) is 24.3 Å². The van der Waals surface area contributed by atoms with Gasteiger partial charge in [0.1, 0.15) is 5.75 Å². The molecule has 2 bridgehead atoms. The van der Waals surface area contributed by atoms with E-state index in [-0.39, 0.29) is 12.7 Å². The van der Waals surface area contributed by atoms with Crippen molar-refractivity contribution in [1.29, 1.82) is 0 Å². The maximum atomic E-state index is 10.7. The molecule has 3 atom stereocenters. The van der Waals surface area contributed by atoms with Gasteiger partial charge in [-0.2, -0.15) is 0 Å². The lowest BCUT2D eigenvalue weighted by molar-refractivity contribution is -0.139. The molecule has 2 aliphatic heterocycles. The summed E-state index contributed by atoms with van der Waals surface area (Å²) in [5.74, 6) is -0.318. The fourth-order valence-corrected chi connectivity index (χ4v) is 3.82. The number of hydrogen-bond acceptors (Lipinski definition) is 4. The van der Waals surface area contributed by atoms with Gasteiger partial charge in [0, 0.05) is 24.2 Å². The zero-order valence-corrected chi connectivity index (χ0v) is 12.6. The summed E-state index contributed by atoms with van der Waals surface area (Å²) in [6.45, 7) is 0.445. The third-order valence-corrected chi connectivity index (χ3v) is 4.78. The van der Waals surface area contributed by atoms with Crippen LogP contribution in [0.1, 0.15) is 37.7 Å². The van der Waals surface area contributed by atoms with E-state index >= 15 is 0 Å². The van der Waals surface area contributed by atoms with Crippen molar-refractivity contribution in [2.24, 2.45) is 0 Å². The lowest BCUT2D eigenvalue weighted by Crippen LogP contribution is -2.52. The summed E-state index contributed by atoms with van der Waals surface area (Å²) in [5.41, 5.74) is 1.03. The van der Waals surface area contributed by atoms with E-state index < -0.39 is 5.97 Å². The predicted molar refractivity (Wildman–Crippen MR) is 81.8 cm³/mol. The Labute approximate surface area is 130 Å². The molecule has 1 unspecified atom stereocenters. The molecule has 2 heterocycles. The van der Waals surface area contributed by atoms with Crippen LogP contribution in [0.5, 0.6) is 5.75 Å². The predicted octanol–water partition coefficient (Wildman–Crippen LogP) is 2.03. The summed E-state index contributed by atoms with van der Waals surface area (Å²) >= 11 is 0. The molecule has 0 aliphatic carbocycles. The van der Waals surface area contributed by atoms with Gasteiger partial charge < -0.3 is 14.9 Å². The summed E-state index contributed by atoms with van der Waals surface area (Å²) < 4.78 is 5.41. The second kappa shape index (κ2) is 6.67. The molecule has 2 N–H and O–H groups in total. The average molecular weight is 305 g/mol. The number of carboxylic acid groups (broad SMARTS) is 1. The molecule has 22 heavy (non-hydrogen) atoms. The molecule has 3 rings (SSSR count). The van der Waals surface area contributed by atoms with E-state index in [0.717, 1.165) is 37.8 Å². The fraction of sp³-hybridized carbons (Fsp3) is 0.588. The van der Waals surface area contributed by atoms with Crippen LogP contribution in [-0.4, -0.2) is 45.9 Å². The molecule has 5 nitrogen and oxygen atoms in total. The minimum atomic E-state index is -0.965. The number of aliphatic hydroxyl groups is 1. The van der Waals surface area contributed by atoms with Crippen molar-refractivity contribution >= 4 is 5.97 Å². The Morgan fingerprint density at radius 3 is 2.59 bits per heavy atom. The molecular weight excluding hydrogens is 282 g/mol. The van der Waals surface area contributed by atoms with Crippen molar-refractivity contribution in [2.75, 3.05) is 6.61 Å². The lowest BCUT2D eigenvalue weighted by atomic mass is 9.82. The van der Waals surface area contributed by atoms with Gasteiger partial charge in [-0.25, -0.2) is 4.79 Å². The van der Waals surface area contributed by atoms with E-state index in [1.54, 1.807) is 0 Å². The third-order valence-electron chi connectivity index (χ3n) is 4.78. The van der Waals surface area contributed by atoms with Gasteiger partial charge in [-0.15, -0.1) is 0 Å². The summed E-state index contributed by atoms with van der Waals surface area (Å²) in [5, 5.41) is 18.8. The maximum absolute atomic E-state index is 10.7. The highest BCUT2D eigenvalue weighted by Gasteiger charge is 2.37. The van der Waals surface area contributed by atoms with E-state index in [1.165, 1.54) is 6.42 Å². The highest BCUT2D eigenvalue weighted by Crippen LogP contribution is 2.36. The molecular formula is C17H23NO4. The fourth-order valence-electron chi connectivity index (χ4n) is 3.82. The van der Waals surface area contributed by atoms with E-state index in [9.17, 15) is 9.90 Å². The molecule has 1 aromatic carbocycles. The highest BCUT2D eigenvalue weighted by atomic mass is 16.5. The highest BCUT2D eigenvalue weighted by molar-refractivity contribution is 5.68. The topological polar surface area (TPSA) is 70.0 Å². The summed E-state index contributed by atoms with van der Waals surface area (Å²) in [4.78, 5) is 13.2. The number of aliphatic hydroxyl groups excluding tert-OH is 1. The zero-order valence-electron chi connectivity index (χ0n) is 12.6. The van der Waals surface area contributed by atoms with Crippen LogP contribution < -0.4 is 4.74 Å². The molecule has 5 heteroatoms. The van der Waals surface area contributed by atoms with Crippen molar-refractivity contribution in [3.8, 4) is 5.75 Å². The van der Waals surface area contributed by atoms with Crippen LogP contribution in [-0.2, 0) is 11.3 Å². The number of fused-ring (bicyclic) bond motifs is 2. The maximum Gasteiger partial charge on any atom is 0.341 e. The van der Waals surface area contributed by atoms with Crippen LogP contribution in [0.2, 0.25) is 0 Å². The number of hydrogen-bond donors (Lipinski definition) is 2. The Morgan fingerprint density at radius 1 is 1.23 bits per heavy atom. The van der Waals surface area contributed by atoms with Crippen LogP contribution in [0, 0.1) is 0 Å². The third kappa shape index (κ3) is 3.42. The van der Waals surface area contributed by atoms with Gasteiger partial charge in [0.15, 0.2) is 6.61 Å². The Hall–Kier alpha value is -1.59. The number of carbonyl (C=O) groups is 1. The summed E-state index contributed by atoms with van der Waals surface area (Å²) in [7, 11) is 0. The number of nitrogens with zero attached hydrogens (tertiary/aromatic N) is 1. The monoisotopic (exact) mass is 305 g/mol. The number of ether oxygens (including phenoxy) is 1. The second-order valence-electron chi connectivity index (χ2n) is 6.33. The molecule has 0 aromatic heterocycles. The first-order valence-electron chi connectivity index (χ1n) is 8.00. The van der Waals surface area contributed by atoms with Gasteiger partial charge in [0.2, 0.25) is 0 Å². The van der Waals surface area contributed by atoms with Crippen LogP contribution in [0.4, 0.5) is 0 Å². The molecule has 0 amide bonds. The van der Waals surface area contributed by atoms with Gasteiger partial charge in [-0.1, -0.05) is 24.6 Å². The second-order valence-corrected chi connectivity index (χ2v) is 6.33. The minimum absolute atomic E-state index is 0.176. The molecule has 2 aliphatic rings. The number of aliphatic carboxylic acids is 1. The van der Waals surface area contributed by atoms with E-state index in [4.69, 9.17) is 9.84 Å². The quantitative estimate of drug-likeness (QED) is 0.871. The van der Waals surface area contributed by atoms with Gasteiger partial charge >= 0.3 is 5.97 Å². The van der Waals surface area contributed by atoms with Crippen molar-refractivity contribution in [3.63, 3.8) is 0 Å². The Morgan fingerprint density at radius 2 is 1.91 bits per heavy atom. The first-order valence-corrected chi connectivity index (χ1v) is 8.00. The van der Waals surface area contributed by atoms with Crippen LogP contribution >= 0.6 is 0 Å². The number of benzene rings is 1. The van der Waals surface area contributed by atoms with Crippen LogP contribution in [0.3, 0.4) is 0 Å². The minimum Gasteiger partial charge on any atom is -0.482 e. The molecule has 1 aromatic rings. The first-order chi connectivity index (χ1) is 10.6. The SMILES string of the molecule is O=C(O)COc1ccccc1CN1[C@@H]2CCC[C@H]1CC(O)C2. The molecule has 2 saturated heterocycles. The van der Waals surface area contributed by atoms with Gasteiger partial charge in [0.05, 0.1) is 6.10 Å². The van der Waals surface area contributed by atoms with E-state index in [0.29, 0.717) is 17.8 Å². The van der Waals surface area contributed by atoms with Crippen molar-refractivity contribution < 1.29 is 19.7 Å². The zero-order chi connectivity index (χ0) is 15.5. The molecule has 2 fully saturated rings. The number of para-hydroxylation sites is 1. The number of piperidine rings is 2. The molecule has 0 radical (unpaired) electrons.